The van der Waals surface area contributed by atoms with Crippen LogP contribution >= 0.6 is 0 Å². The van der Waals surface area contributed by atoms with Crippen LogP contribution in [-0.2, 0) is 11.3 Å². The molecule has 0 unspecified atom stereocenters. The maximum Gasteiger partial charge on any atom is 0.224 e. The number of nitrogens with two attached hydrogens (primary N) is 1. The fourth-order valence-electron chi connectivity index (χ4n) is 2.57. The molecule has 0 aromatic carbocycles. The zero-order chi connectivity index (χ0) is 14.5. The van der Waals surface area contributed by atoms with E-state index < -0.39 is 0 Å². The van der Waals surface area contributed by atoms with Gasteiger partial charge in [0.2, 0.25) is 5.91 Å². The van der Waals surface area contributed by atoms with Gasteiger partial charge in [-0.15, -0.1) is 0 Å². The first-order valence-electron chi connectivity index (χ1n) is 7.48. The van der Waals surface area contributed by atoms with E-state index in [1.165, 1.54) is 0 Å². The normalized spacial score (nSPS) is 14.8. The number of nitrogen functional groups attached to an aromatic ring is 1. The smallest absolute Gasteiger partial charge is 0.224 e. The minimum atomic E-state index is 0.229. The van der Waals surface area contributed by atoms with Gasteiger partial charge in [0.15, 0.2) is 0 Å². The second-order valence-corrected chi connectivity index (χ2v) is 5.34. The van der Waals surface area contributed by atoms with Crippen LogP contribution in [0.1, 0.15) is 38.3 Å². The summed E-state index contributed by atoms with van der Waals surface area (Å²) in [5.41, 5.74) is 7.56. The standard InChI is InChI=1S/C14H25N5O/c1-3-8-19-14(13(15)11(2)17-19)16-7-6-12(20)18-9-4-5-10-18/h16H,3-10,15H2,1-2H3. The van der Waals surface area contributed by atoms with Crippen LogP contribution in [0.25, 0.3) is 0 Å². The van der Waals surface area contributed by atoms with Gasteiger partial charge in [-0.2, -0.15) is 5.10 Å². The van der Waals surface area contributed by atoms with E-state index in [2.05, 4.69) is 17.3 Å². The number of hydrogen-bond acceptors (Lipinski definition) is 4. The molecule has 0 aliphatic carbocycles. The third kappa shape index (κ3) is 3.23. The molecular weight excluding hydrogens is 254 g/mol. The lowest BCUT2D eigenvalue weighted by atomic mass is 10.3. The molecule has 0 spiro atoms. The Morgan fingerprint density at radius 3 is 2.75 bits per heavy atom. The topological polar surface area (TPSA) is 76.2 Å². The maximum atomic E-state index is 12.0. The third-order valence-corrected chi connectivity index (χ3v) is 3.70. The van der Waals surface area contributed by atoms with E-state index in [9.17, 15) is 4.79 Å². The fourth-order valence-corrected chi connectivity index (χ4v) is 2.57. The number of nitrogens with zero attached hydrogens (tertiary/aromatic N) is 3. The lowest BCUT2D eigenvalue weighted by molar-refractivity contribution is -0.129. The summed E-state index contributed by atoms with van der Waals surface area (Å²) in [7, 11) is 0. The van der Waals surface area contributed by atoms with Crippen molar-refractivity contribution < 1.29 is 4.79 Å². The van der Waals surface area contributed by atoms with Crippen molar-refractivity contribution >= 4 is 17.4 Å². The van der Waals surface area contributed by atoms with Crippen LogP contribution in [0.4, 0.5) is 11.5 Å². The first-order valence-corrected chi connectivity index (χ1v) is 7.48. The molecule has 2 rings (SSSR count). The number of anilines is 2. The first-order chi connectivity index (χ1) is 9.63. The Morgan fingerprint density at radius 2 is 2.10 bits per heavy atom. The summed E-state index contributed by atoms with van der Waals surface area (Å²) in [6.45, 7) is 7.27. The molecule has 1 aliphatic rings. The highest BCUT2D eigenvalue weighted by atomic mass is 16.2. The third-order valence-electron chi connectivity index (χ3n) is 3.70. The van der Waals surface area contributed by atoms with Gasteiger partial charge < -0.3 is 16.0 Å². The van der Waals surface area contributed by atoms with E-state index in [0.29, 0.717) is 18.7 Å². The Morgan fingerprint density at radius 1 is 1.40 bits per heavy atom. The van der Waals surface area contributed by atoms with E-state index >= 15 is 0 Å². The largest absolute Gasteiger partial charge is 0.394 e. The molecule has 1 aromatic rings. The number of aromatic nitrogens is 2. The van der Waals surface area contributed by atoms with Gasteiger partial charge in [-0.05, 0) is 26.2 Å². The van der Waals surface area contributed by atoms with Crippen molar-refractivity contribution in [1.82, 2.24) is 14.7 Å². The Labute approximate surface area is 120 Å². The zero-order valence-corrected chi connectivity index (χ0v) is 12.5. The van der Waals surface area contributed by atoms with E-state index in [1.807, 2.05) is 16.5 Å². The van der Waals surface area contributed by atoms with Crippen LogP contribution < -0.4 is 11.1 Å². The predicted molar refractivity (Wildman–Crippen MR) is 80.6 cm³/mol. The number of amides is 1. The minimum Gasteiger partial charge on any atom is -0.394 e. The molecule has 1 amide bonds. The van der Waals surface area contributed by atoms with E-state index in [4.69, 9.17) is 5.73 Å². The van der Waals surface area contributed by atoms with Crippen molar-refractivity contribution in [1.29, 1.82) is 0 Å². The summed E-state index contributed by atoms with van der Waals surface area (Å²) in [6, 6.07) is 0. The lowest BCUT2D eigenvalue weighted by Gasteiger charge is -2.16. The number of carbonyl (C=O) groups is 1. The SMILES string of the molecule is CCCn1nc(C)c(N)c1NCCC(=O)N1CCCC1. The van der Waals surface area contributed by atoms with Crippen LogP contribution in [0.3, 0.4) is 0 Å². The fraction of sp³-hybridized carbons (Fsp3) is 0.714. The summed E-state index contributed by atoms with van der Waals surface area (Å²) in [6.07, 6.45) is 3.78. The Bertz CT molecular complexity index is 462. The number of carbonyl (C=O) groups excluding carboxylic acids is 1. The van der Waals surface area contributed by atoms with Crippen LogP contribution in [0, 0.1) is 6.92 Å². The first kappa shape index (κ1) is 14.7. The Kier molecular flexibility index (Phi) is 4.87. The number of hydrogen-bond donors (Lipinski definition) is 2. The van der Waals surface area contributed by atoms with Gasteiger partial charge in [0, 0.05) is 32.6 Å². The summed E-state index contributed by atoms with van der Waals surface area (Å²) in [4.78, 5) is 13.9. The van der Waals surface area contributed by atoms with Crippen molar-refractivity contribution in [2.45, 2.75) is 46.1 Å². The molecule has 0 atom stereocenters. The van der Waals surface area contributed by atoms with Crippen LogP contribution in [0.5, 0.6) is 0 Å². The molecule has 0 radical (unpaired) electrons. The van der Waals surface area contributed by atoms with Gasteiger partial charge in [0.25, 0.3) is 0 Å². The molecule has 2 heterocycles. The highest BCUT2D eigenvalue weighted by Gasteiger charge is 2.18. The second kappa shape index (κ2) is 6.63. The second-order valence-electron chi connectivity index (χ2n) is 5.34. The summed E-state index contributed by atoms with van der Waals surface area (Å²) in [5, 5.41) is 7.68. The highest BCUT2D eigenvalue weighted by Crippen LogP contribution is 2.22. The van der Waals surface area contributed by atoms with Crippen LogP contribution in [-0.4, -0.2) is 40.2 Å². The Hall–Kier alpha value is -1.72. The molecule has 6 heteroatoms. The number of rotatable bonds is 6. The molecular formula is C14H25N5O. The number of nitrogens with one attached hydrogen (secondary N) is 1. The summed E-state index contributed by atoms with van der Waals surface area (Å²) >= 11 is 0. The zero-order valence-electron chi connectivity index (χ0n) is 12.5. The molecule has 20 heavy (non-hydrogen) atoms. The number of aryl methyl sites for hydroxylation is 2. The van der Waals surface area contributed by atoms with Crippen molar-refractivity contribution in [3.63, 3.8) is 0 Å². The van der Waals surface area contributed by atoms with Crippen molar-refractivity contribution in [2.24, 2.45) is 0 Å². The molecule has 3 N–H and O–H groups in total. The lowest BCUT2D eigenvalue weighted by Crippen LogP contribution is -2.29. The minimum absolute atomic E-state index is 0.229. The predicted octanol–water partition coefficient (Wildman–Crippen LogP) is 1.61. The quantitative estimate of drug-likeness (QED) is 0.829. The maximum absolute atomic E-state index is 12.0. The number of likely N-dealkylation sites (tertiary alicyclic amines) is 1. The molecule has 0 saturated carbocycles. The molecule has 0 bridgehead atoms. The summed E-state index contributed by atoms with van der Waals surface area (Å²) in [5.74, 6) is 1.07. The van der Waals surface area contributed by atoms with E-state index in [0.717, 1.165) is 50.4 Å². The van der Waals surface area contributed by atoms with Gasteiger partial charge in [0.1, 0.15) is 5.82 Å². The van der Waals surface area contributed by atoms with Crippen molar-refractivity contribution in [3.05, 3.63) is 5.69 Å². The van der Waals surface area contributed by atoms with Crippen LogP contribution in [0.15, 0.2) is 0 Å². The van der Waals surface area contributed by atoms with Gasteiger partial charge in [-0.3, -0.25) is 4.79 Å². The average molecular weight is 279 g/mol. The van der Waals surface area contributed by atoms with Crippen molar-refractivity contribution in [2.75, 3.05) is 30.7 Å². The van der Waals surface area contributed by atoms with Crippen LogP contribution in [0.2, 0.25) is 0 Å². The monoisotopic (exact) mass is 279 g/mol. The van der Waals surface area contributed by atoms with Gasteiger partial charge in [-0.1, -0.05) is 6.92 Å². The van der Waals surface area contributed by atoms with Gasteiger partial charge in [0.05, 0.1) is 11.4 Å². The molecule has 6 nitrogen and oxygen atoms in total. The average Bonchev–Trinajstić information content (AvgIpc) is 3.03. The molecule has 1 saturated heterocycles. The van der Waals surface area contributed by atoms with E-state index in [1.54, 1.807) is 0 Å². The molecule has 1 aliphatic heterocycles. The molecule has 1 aromatic heterocycles. The van der Waals surface area contributed by atoms with Gasteiger partial charge in [-0.25, -0.2) is 4.68 Å². The molecule has 112 valence electrons. The highest BCUT2D eigenvalue weighted by molar-refractivity contribution is 5.77. The van der Waals surface area contributed by atoms with E-state index in [-0.39, 0.29) is 5.91 Å². The summed E-state index contributed by atoms with van der Waals surface area (Å²) < 4.78 is 1.89. The Balaban J connectivity index is 1.88. The molecule has 1 fully saturated rings. The van der Waals surface area contributed by atoms with Crippen molar-refractivity contribution in [3.8, 4) is 0 Å². The van der Waals surface area contributed by atoms with Gasteiger partial charge >= 0.3 is 0 Å².